The summed E-state index contributed by atoms with van der Waals surface area (Å²) in [5.41, 5.74) is 3.35. The summed E-state index contributed by atoms with van der Waals surface area (Å²) in [6.07, 6.45) is 0.927. The molecule has 0 radical (unpaired) electrons. The van der Waals surface area contributed by atoms with Crippen molar-refractivity contribution < 1.29 is 4.79 Å². The Balaban J connectivity index is 1.77. The maximum atomic E-state index is 12.0. The van der Waals surface area contributed by atoms with Crippen LogP contribution in [-0.2, 0) is 11.2 Å². The van der Waals surface area contributed by atoms with Crippen molar-refractivity contribution in [3.63, 3.8) is 0 Å². The zero-order valence-corrected chi connectivity index (χ0v) is 13.3. The third-order valence-electron chi connectivity index (χ3n) is 3.58. The van der Waals surface area contributed by atoms with Gasteiger partial charge in [-0.3, -0.25) is 4.79 Å². The molecular formula is C19H24N2O. The second kappa shape index (κ2) is 8.35. The van der Waals surface area contributed by atoms with Gasteiger partial charge in [0.05, 0.1) is 6.54 Å². The van der Waals surface area contributed by atoms with Gasteiger partial charge in [-0.15, -0.1) is 0 Å². The van der Waals surface area contributed by atoms with E-state index in [0.717, 1.165) is 18.7 Å². The molecule has 22 heavy (non-hydrogen) atoms. The summed E-state index contributed by atoms with van der Waals surface area (Å²) in [5, 5.41) is 6.18. The predicted octanol–water partition coefficient (Wildman–Crippen LogP) is 3.58. The number of carbonyl (C=O) groups is 1. The highest BCUT2D eigenvalue weighted by atomic mass is 16.1. The lowest BCUT2D eigenvalue weighted by atomic mass is 10.0. The van der Waals surface area contributed by atoms with E-state index in [9.17, 15) is 4.79 Å². The molecule has 0 unspecified atom stereocenters. The molecule has 0 atom stereocenters. The van der Waals surface area contributed by atoms with Gasteiger partial charge < -0.3 is 10.6 Å². The summed E-state index contributed by atoms with van der Waals surface area (Å²) in [7, 11) is 0. The third-order valence-corrected chi connectivity index (χ3v) is 3.58. The van der Waals surface area contributed by atoms with Crippen LogP contribution in [0.25, 0.3) is 0 Å². The van der Waals surface area contributed by atoms with Crippen LogP contribution in [-0.4, -0.2) is 19.0 Å². The first-order chi connectivity index (χ1) is 10.7. The van der Waals surface area contributed by atoms with Crippen LogP contribution in [0, 0.1) is 0 Å². The van der Waals surface area contributed by atoms with Crippen LogP contribution < -0.4 is 10.6 Å². The molecule has 3 nitrogen and oxygen atoms in total. The van der Waals surface area contributed by atoms with Crippen molar-refractivity contribution in [3.05, 3.63) is 65.7 Å². The summed E-state index contributed by atoms with van der Waals surface area (Å²) in [4.78, 5) is 12.0. The molecule has 2 aromatic carbocycles. The summed E-state index contributed by atoms with van der Waals surface area (Å²) in [5.74, 6) is 0.392. The number of nitrogens with one attached hydrogen (secondary N) is 2. The summed E-state index contributed by atoms with van der Waals surface area (Å²) < 4.78 is 0. The van der Waals surface area contributed by atoms with Crippen LogP contribution >= 0.6 is 0 Å². The molecule has 0 saturated carbocycles. The predicted molar refractivity (Wildman–Crippen MR) is 92.2 cm³/mol. The van der Waals surface area contributed by atoms with Gasteiger partial charge in [-0.1, -0.05) is 62.4 Å². The Hall–Kier alpha value is -2.13. The van der Waals surface area contributed by atoms with Crippen molar-refractivity contribution >= 4 is 11.6 Å². The van der Waals surface area contributed by atoms with Crippen molar-refractivity contribution in [2.75, 3.05) is 18.4 Å². The first kappa shape index (κ1) is 16.2. The quantitative estimate of drug-likeness (QED) is 0.767. The van der Waals surface area contributed by atoms with Gasteiger partial charge in [-0.2, -0.15) is 0 Å². The van der Waals surface area contributed by atoms with Gasteiger partial charge >= 0.3 is 0 Å². The lowest BCUT2D eigenvalue weighted by molar-refractivity contribution is -0.115. The number of anilines is 1. The smallest absolute Gasteiger partial charge is 0.238 e. The number of amides is 1. The topological polar surface area (TPSA) is 41.1 Å². The van der Waals surface area contributed by atoms with Crippen LogP contribution in [0.4, 0.5) is 5.69 Å². The minimum atomic E-state index is 0.00108. The zero-order chi connectivity index (χ0) is 15.8. The number of para-hydroxylation sites is 1. The molecule has 2 aromatic rings. The fourth-order valence-corrected chi connectivity index (χ4v) is 2.39. The Morgan fingerprint density at radius 2 is 1.68 bits per heavy atom. The highest BCUT2D eigenvalue weighted by molar-refractivity contribution is 5.93. The fourth-order valence-electron chi connectivity index (χ4n) is 2.39. The van der Waals surface area contributed by atoms with E-state index < -0.39 is 0 Å². The number of benzene rings is 2. The van der Waals surface area contributed by atoms with Crippen molar-refractivity contribution in [1.29, 1.82) is 0 Å². The monoisotopic (exact) mass is 296 g/mol. The largest absolute Gasteiger partial charge is 0.325 e. The van der Waals surface area contributed by atoms with E-state index in [1.165, 1.54) is 11.1 Å². The minimum Gasteiger partial charge on any atom is -0.325 e. The van der Waals surface area contributed by atoms with Crippen molar-refractivity contribution in [2.45, 2.75) is 26.2 Å². The molecule has 0 saturated heterocycles. The number of rotatable bonds is 7. The van der Waals surface area contributed by atoms with E-state index >= 15 is 0 Å². The Bertz CT molecular complexity index is 593. The van der Waals surface area contributed by atoms with Crippen molar-refractivity contribution in [2.24, 2.45) is 0 Å². The molecule has 2 rings (SSSR count). The number of hydrogen-bond acceptors (Lipinski definition) is 2. The molecule has 0 aliphatic heterocycles. The maximum absolute atomic E-state index is 12.0. The first-order valence-electron chi connectivity index (χ1n) is 7.80. The van der Waals surface area contributed by atoms with E-state index in [1.807, 2.05) is 36.4 Å². The van der Waals surface area contributed by atoms with Gasteiger partial charge in [0.1, 0.15) is 0 Å². The SMILES string of the molecule is CC(C)c1ccccc1NC(=O)CNCCc1ccccc1. The Morgan fingerprint density at radius 1 is 1.00 bits per heavy atom. The van der Waals surface area contributed by atoms with E-state index in [4.69, 9.17) is 0 Å². The number of carbonyl (C=O) groups excluding carboxylic acids is 1. The highest BCUT2D eigenvalue weighted by Gasteiger charge is 2.08. The first-order valence-corrected chi connectivity index (χ1v) is 7.80. The van der Waals surface area contributed by atoms with Gasteiger partial charge in [0, 0.05) is 5.69 Å². The maximum Gasteiger partial charge on any atom is 0.238 e. The molecule has 0 fully saturated rings. The molecule has 0 aromatic heterocycles. The normalized spacial score (nSPS) is 10.7. The fraction of sp³-hybridized carbons (Fsp3) is 0.316. The average molecular weight is 296 g/mol. The molecule has 1 amide bonds. The van der Waals surface area contributed by atoms with E-state index in [2.05, 4.69) is 42.7 Å². The van der Waals surface area contributed by atoms with Gasteiger partial charge in [0.15, 0.2) is 0 Å². The van der Waals surface area contributed by atoms with Crippen molar-refractivity contribution in [1.82, 2.24) is 5.32 Å². The summed E-state index contributed by atoms with van der Waals surface area (Å²) >= 11 is 0. The van der Waals surface area contributed by atoms with Crippen LogP contribution in [0.15, 0.2) is 54.6 Å². The van der Waals surface area contributed by atoms with E-state index in [-0.39, 0.29) is 5.91 Å². The van der Waals surface area contributed by atoms with Gasteiger partial charge in [0.2, 0.25) is 5.91 Å². The molecule has 0 aliphatic carbocycles. The van der Waals surface area contributed by atoms with E-state index in [1.54, 1.807) is 0 Å². The molecular weight excluding hydrogens is 272 g/mol. The summed E-state index contributed by atoms with van der Waals surface area (Å²) in [6.45, 7) is 5.38. The molecule has 0 spiro atoms. The lowest BCUT2D eigenvalue weighted by Gasteiger charge is -2.13. The Kier molecular flexibility index (Phi) is 6.16. The molecule has 0 bridgehead atoms. The Labute approximate surface area is 132 Å². The van der Waals surface area contributed by atoms with E-state index in [0.29, 0.717) is 12.5 Å². The molecule has 0 heterocycles. The van der Waals surface area contributed by atoms with Gasteiger partial charge in [-0.05, 0) is 36.1 Å². The lowest BCUT2D eigenvalue weighted by Crippen LogP contribution is -2.29. The number of hydrogen-bond donors (Lipinski definition) is 2. The zero-order valence-electron chi connectivity index (χ0n) is 13.3. The Morgan fingerprint density at radius 3 is 2.41 bits per heavy atom. The highest BCUT2D eigenvalue weighted by Crippen LogP contribution is 2.23. The van der Waals surface area contributed by atoms with Crippen LogP contribution in [0.1, 0.15) is 30.9 Å². The van der Waals surface area contributed by atoms with Crippen molar-refractivity contribution in [3.8, 4) is 0 Å². The molecule has 116 valence electrons. The molecule has 0 aliphatic rings. The molecule has 2 N–H and O–H groups in total. The molecule has 3 heteroatoms. The standard InChI is InChI=1S/C19H24N2O/c1-15(2)17-10-6-7-11-18(17)21-19(22)14-20-13-12-16-8-4-3-5-9-16/h3-11,15,20H,12-14H2,1-2H3,(H,21,22). The summed E-state index contributed by atoms with van der Waals surface area (Å²) in [6, 6.07) is 18.2. The van der Waals surface area contributed by atoms with Crippen LogP contribution in [0.3, 0.4) is 0 Å². The minimum absolute atomic E-state index is 0.00108. The second-order valence-corrected chi connectivity index (χ2v) is 5.70. The van der Waals surface area contributed by atoms with Crippen LogP contribution in [0.5, 0.6) is 0 Å². The van der Waals surface area contributed by atoms with Gasteiger partial charge in [-0.25, -0.2) is 0 Å². The van der Waals surface area contributed by atoms with Crippen LogP contribution in [0.2, 0.25) is 0 Å². The average Bonchev–Trinajstić information content (AvgIpc) is 2.53. The van der Waals surface area contributed by atoms with Gasteiger partial charge in [0.25, 0.3) is 0 Å². The second-order valence-electron chi connectivity index (χ2n) is 5.70. The third kappa shape index (κ3) is 5.01.